The number of halogens is 3. The number of para-hydroxylation sites is 1. The summed E-state index contributed by atoms with van der Waals surface area (Å²) >= 11 is 3.43. The number of hydrogen-bond donors (Lipinski definition) is 0. The second kappa shape index (κ2) is 5.99. The van der Waals surface area contributed by atoms with Crippen LogP contribution in [-0.2, 0) is 6.54 Å². The fourth-order valence-electron chi connectivity index (χ4n) is 2.59. The molecule has 4 rings (SSSR count). The minimum Gasteiger partial charge on any atom is -0.415 e. The van der Waals surface area contributed by atoms with Gasteiger partial charge in [-0.1, -0.05) is 12.1 Å². The van der Waals surface area contributed by atoms with Crippen LogP contribution in [0.5, 0.6) is 0 Å². The number of benzene rings is 1. The Balaban J connectivity index is 1.69. The quantitative estimate of drug-likeness (QED) is 0.657. The van der Waals surface area contributed by atoms with Crippen LogP contribution < -0.4 is 4.90 Å². The maximum atomic E-state index is 12.7. The molecule has 0 spiro atoms. The van der Waals surface area contributed by atoms with E-state index in [0.717, 1.165) is 10.2 Å². The van der Waals surface area contributed by atoms with E-state index in [1.54, 1.807) is 4.90 Å². The molecule has 0 aliphatic carbocycles. The van der Waals surface area contributed by atoms with Crippen LogP contribution in [0.3, 0.4) is 0 Å². The van der Waals surface area contributed by atoms with Crippen molar-refractivity contribution in [3.05, 3.63) is 58.1 Å². The molecule has 9 heteroatoms. The number of fused-ring (bicyclic) bond motifs is 1. The van der Waals surface area contributed by atoms with Crippen molar-refractivity contribution in [1.29, 1.82) is 0 Å². The first-order valence-corrected chi connectivity index (χ1v) is 8.01. The summed E-state index contributed by atoms with van der Waals surface area (Å²) in [5.41, 5.74) is 2.02. The van der Waals surface area contributed by atoms with Crippen molar-refractivity contribution in [2.75, 3.05) is 4.90 Å². The number of nitrogens with zero attached hydrogens (tertiary/aromatic N) is 4. The molecule has 6 nitrogen and oxygen atoms in total. The molecule has 3 heterocycles. The second-order valence-electron chi connectivity index (χ2n) is 5.31. The minimum absolute atomic E-state index is 0.0993. The van der Waals surface area contributed by atoms with Crippen LogP contribution in [-0.4, -0.2) is 21.1 Å². The van der Waals surface area contributed by atoms with Gasteiger partial charge in [-0.3, -0.25) is 9.78 Å². The van der Waals surface area contributed by atoms with E-state index in [1.807, 2.05) is 24.3 Å². The van der Waals surface area contributed by atoms with Crippen molar-refractivity contribution >= 4 is 27.5 Å². The monoisotopic (exact) mass is 406 g/mol. The Morgan fingerprint density at radius 2 is 2.04 bits per heavy atom. The first kappa shape index (κ1) is 15.8. The lowest BCUT2D eigenvalue weighted by Gasteiger charge is -2.16. The first-order valence-electron chi connectivity index (χ1n) is 7.22. The topological polar surface area (TPSA) is 72.1 Å². The molecule has 1 aliphatic heterocycles. The molecule has 1 aliphatic rings. The van der Waals surface area contributed by atoms with E-state index < -0.39 is 12.3 Å². The van der Waals surface area contributed by atoms with Gasteiger partial charge in [0.2, 0.25) is 5.89 Å². The van der Waals surface area contributed by atoms with Crippen molar-refractivity contribution in [2.24, 2.45) is 0 Å². The zero-order chi connectivity index (χ0) is 17.6. The van der Waals surface area contributed by atoms with Gasteiger partial charge in [-0.25, -0.2) is 0 Å². The number of amides is 1. The van der Waals surface area contributed by atoms with Crippen molar-refractivity contribution in [3.8, 4) is 11.5 Å². The van der Waals surface area contributed by atoms with E-state index in [-0.39, 0.29) is 11.8 Å². The largest absolute Gasteiger partial charge is 0.415 e. The summed E-state index contributed by atoms with van der Waals surface area (Å²) in [6.45, 7) is 0.323. The number of carbonyl (C=O) groups excluding carboxylic acids is 1. The van der Waals surface area contributed by atoms with E-state index in [2.05, 4.69) is 31.1 Å². The maximum absolute atomic E-state index is 12.7. The lowest BCUT2D eigenvalue weighted by molar-refractivity contribution is 0.0996. The molecule has 0 saturated carbocycles. The van der Waals surface area contributed by atoms with E-state index in [9.17, 15) is 13.6 Å². The van der Waals surface area contributed by atoms with E-state index in [0.29, 0.717) is 23.4 Å². The summed E-state index contributed by atoms with van der Waals surface area (Å²) in [5.74, 6) is -1.10. The summed E-state index contributed by atoms with van der Waals surface area (Å²) in [6.07, 6.45) is -1.42. The predicted octanol–water partition coefficient (Wildman–Crippen LogP) is 3.99. The number of alkyl halides is 2. The highest BCUT2D eigenvalue weighted by molar-refractivity contribution is 9.10. The highest BCUT2D eigenvalue weighted by atomic mass is 79.9. The summed E-state index contributed by atoms with van der Waals surface area (Å²) in [5, 5.41) is 6.86. The molecular weight excluding hydrogens is 398 g/mol. The third-order valence-electron chi connectivity index (χ3n) is 3.77. The van der Waals surface area contributed by atoms with Crippen molar-refractivity contribution in [2.45, 2.75) is 13.0 Å². The van der Waals surface area contributed by atoms with Crippen LogP contribution >= 0.6 is 15.9 Å². The molecule has 25 heavy (non-hydrogen) atoms. The molecule has 3 aromatic rings. The molecule has 1 amide bonds. The fourth-order valence-corrected chi connectivity index (χ4v) is 3.09. The molecule has 0 radical (unpaired) electrons. The van der Waals surface area contributed by atoms with Gasteiger partial charge in [0, 0.05) is 10.7 Å². The molecule has 126 valence electrons. The summed E-state index contributed by atoms with van der Waals surface area (Å²) < 4.78 is 30.9. The van der Waals surface area contributed by atoms with Gasteiger partial charge in [-0.15, -0.1) is 10.2 Å². The number of anilines is 1. The van der Waals surface area contributed by atoms with Crippen LogP contribution in [0.2, 0.25) is 0 Å². The molecule has 0 atom stereocenters. The molecule has 1 aromatic carbocycles. The predicted molar refractivity (Wildman–Crippen MR) is 87.1 cm³/mol. The molecule has 0 bridgehead atoms. The van der Waals surface area contributed by atoms with E-state index in [4.69, 9.17) is 4.42 Å². The molecular formula is C16H9BrF2N4O2. The van der Waals surface area contributed by atoms with Crippen LogP contribution in [0.15, 0.2) is 45.4 Å². The molecule has 0 N–H and O–H groups in total. The van der Waals surface area contributed by atoms with Gasteiger partial charge in [0.1, 0.15) is 0 Å². The minimum atomic E-state index is -2.85. The average Bonchev–Trinajstić information content (AvgIpc) is 3.21. The summed E-state index contributed by atoms with van der Waals surface area (Å²) in [4.78, 5) is 18.6. The SMILES string of the molecule is O=C1c2cc(-c3nnc(C(F)F)o3)cnc2CN1c1ccccc1Br. The molecule has 2 aromatic heterocycles. The summed E-state index contributed by atoms with van der Waals surface area (Å²) in [7, 11) is 0. The first-order chi connectivity index (χ1) is 12.0. The highest BCUT2D eigenvalue weighted by Gasteiger charge is 2.31. The van der Waals surface area contributed by atoms with Gasteiger partial charge in [-0.2, -0.15) is 8.78 Å². The smallest absolute Gasteiger partial charge is 0.314 e. The lowest BCUT2D eigenvalue weighted by Crippen LogP contribution is -2.23. The zero-order valence-corrected chi connectivity index (χ0v) is 14.1. The number of pyridine rings is 1. The van der Waals surface area contributed by atoms with Crippen molar-refractivity contribution < 1.29 is 18.0 Å². The maximum Gasteiger partial charge on any atom is 0.314 e. The molecule has 0 unspecified atom stereocenters. The third-order valence-corrected chi connectivity index (χ3v) is 4.44. The van der Waals surface area contributed by atoms with Gasteiger partial charge < -0.3 is 9.32 Å². The Kier molecular flexibility index (Phi) is 3.79. The lowest BCUT2D eigenvalue weighted by atomic mass is 10.1. The van der Waals surface area contributed by atoms with Crippen molar-refractivity contribution in [3.63, 3.8) is 0 Å². The van der Waals surface area contributed by atoms with Gasteiger partial charge in [0.25, 0.3) is 11.8 Å². The Hall–Kier alpha value is -2.68. The standard InChI is InChI=1S/C16H9BrF2N4O2/c17-10-3-1-2-4-12(10)23-7-11-9(16(23)24)5-8(6-20-11)14-21-22-15(25-14)13(18)19/h1-6,13H,7H2. The number of hydrogen-bond acceptors (Lipinski definition) is 5. The molecule has 0 fully saturated rings. The molecule has 0 saturated heterocycles. The Bertz CT molecular complexity index is 976. The Labute approximate surface area is 148 Å². The Morgan fingerprint density at radius 3 is 2.76 bits per heavy atom. The zero-order valence-electron chi connectivity index (χ0n) is 12.5. The number of carbonyl (C=O) groups is 1. The van der Waals surface area contributed by atoms with Crippen LogP contribution in [0.25, 0.3) is 11.5 Å². The van der Waals surface area contributed by atoms with Gasteiger partial charge >= 0.3 is 6.43 Å². The fraction of sp³-hybridized carbons (Fsp3) is 0.125. The summed E-state index contributed by atoms with van der Waals surface area (Å²) in [6, 6.07) is 8.88. The number of rotatable bonds is 3. The average molecular weight is 407 g/mol. The van der Waals surface area contributed by atoms with E-state index in [1.165, 1.54) is 12.3 Å². The van der Waals surface area contributed by atoms with Gasteiger partial charge in [-0.05, 0) is 34.1 Å². The van der Waals surface area contributed by atoms with Crippen molar-refractivity contribution in [1.82, 2.24) is 15.2 Å². The van der Waals surface area contributed by atoms with Crippen LogP contribution in [0.1, 0.15) is 28.4 Å². The van der Waals surface area contributed by atoms with Crippen LogP contribution in [0, 0.1) is 0 Å². The van der Waals surface area contributed by atoms with Crippen LogP contribution in [0.4, 0.5) is 14.5 Å². The Morgan fingerprint density at radius 1 is 1.24 bits per heavy atom. The van der Waals surface area contributed by atoms with Gasteiger partial charge in [0.15, 0.2) is 0 Å². The van der Waals surface area contributed by atoms with E-state index >= 15 is 0 Å². The number of aromatic nitrogens is 3. The highest BCUT2D eigenvalue weighted by Crippen LogP contribution is 2.34. The third kappa shape index (κ3) is 2.70. The second-order valence-corrected chi connectivity index (χ2v) is 6.16. The van der Waals surface area contributed by atoms with Gasteiger partial charge in [0.05, 0.1) is 29.1 Å². The normalized spacial score (nSPS) is 13.6.